The zero-order chi connectivity index (χ0) is 24.5. The van der Waals surface area contributed by atoms with E-state index in [-0.39, 0.29) is 5.78 Å². The SMILES string of the molecule is CCn1cc(C=C2Oc3c(ccc(OCc4cccc(OC)c4)c3C)C2=O)c2cc(OC)ccc21. The van der Waals surface area contributed by atoms with E-state index < -0.39 is 0 Å². The van der Waals surface area contributed by atoms with Crippen LogP contribution in [-0.4, -0.2) is 24.6 Å². The van der Waals surface area contributed by atoms with Gasteiger partial charge in [0.05, 0.1) is 19.8 Å². The lowest BCUT2D eigenvalue weighted by Gasteiger charge is -2.12. The molecule has 4 aromatic rings. The summed E-state index contributed by atoms with van der Waals surface area (Å²) in [5.74, 6) is 2.92. The Bertz CT molecular complexity index is 1460. The number of methoxy groups -OCH3 is 2. The van der Waals surface area contributed by atoms with Crippen molar-refractivity contribution in [1.29, 1.82) is 0 Å². The van der Waals surface area contributed by atoms with Gasteiger partial charge in [-0.05, 0) is 68.0 Å². The summed E-state index contributed by atoms with van der Waals surface area (Å²) in [5.41, 5.74) is 4.31. The first-order valence-corrected chi connectivity index (χ1v) is 11.5. The van der Waals surface area contributed by atoms with Crippen molar-refractivity contribution in [3.63, 3.8) is 0 Å². The Balaban J connectivity index is 1.44. The van der Waals surface area contributed by atoms with Crippen molar-refractivity contribution in [2.75, 3.05) is 14.2 Å². The molecule has 0 bridgehead atoms. The molecule has 1 aliphatic heterocycles. The van der Waals surface area contributed by atoms with Gasteiger partial charge in [0, 0.05) is 34.8 Å². The van der Waals surface area contributed by atoms with Crippen LogP contribution in [-0.2, 0) is 13.2 Å². The van der Waals surface area contributed by atoms with Crippen molar-refractivity contribution >= 4 is 22.8 Å². The highest BCUT2D eigenvalue weighted by molar-refractivity contribution is 6.15. The topological polar surface area (TPSA) is 58.9 Å². The number of hydrogen-bond acceptors (Lipinski definition) is 5. The number of aromatic nitrogens is 1. The van der Waals surface area contributed by atoms with Crippen LogP contribution in [0.15, 0.2) is 66.6 Å². The first-order chi connectivity index (χ1) is 17.0. The van der Waals surface area contributed by atoms with E-state index in [2.05, 4.69) is 11.5 Å². The standard InChI is InChI=1S/C29H27NO5/c1-5-30-16-20(24-15-22(33-4)9-11-25(24)30)14-27-28(31)23-10-12-26(18(2)29(23)35-27)34-17-19-7-6-8-21(13-19)32-3/h6-16H,5,17H2,1-4H3. The minimum absolute atomic E-state index is 0.136. The van der Waals surface area contributed by atoms with Crippen molar-refractivity contribution in [2.24, 2.45) is 0 Å². The number of carbonyl (C=O) groups excluding carboxylic acids is 1. The number of allylic oxidation sites excluding steroid dienone is 1. The molecular formula is C29H27NO5. The van der Waals surface area contributed by atoms with Crippen LogP contribution in [0.1, 0.15) is 34.0 Å². The maximum atomic E-state index is 13.2. The molecule has 35 heavy (non-hydrogen) atoms. The van der Waals surface area contributed by atoms with Gasteiger partial charge in [0.2, 0.25) is 5.78 Å². The summed E-state index contributed by atoms with van der Waals surface area (Å²) < 4.78 is 25.0. The summed E-state index contributed by atoms with van der Waals surface area (Å²) in [6, 6.07) is 17.3. The Morgan fingerprint density at radius 3 is 2.57 bits per heavy atom. The molecule has 2 heterocycles. The van der Waals surface area contributed by atoms with Crippen molar-refractivity contribution < 1.29 is 23.7 Å². The van der Waals surface area contributed by atoms with Gasteiger partial charge in [-0.15, -0.1) is 0 Å². The molecule has 0 N–H and O–H groups in total. The quantitative estimate of drug-likeness (QED) is 0.303. The lowest BCUT2D eigenvalue weighted by Crippen LogP contribution is -1.99. The zero-order valence-corrected chi connectivity index (χ0v) is 20.3. The molecule has 0 saturated heterocycles. The van der Waals surface area contributed by atoms with Gasteiger partial charge >= 0.3 is 0 Å². The molecule has 3 aromatic carbocycles. The van der Waals surface area contributed by atoms with Crippen LogP contribution in [0.5, 0.6) is 23.0 Å². The van der Waals surface area contributed by atoms with E-state index in [1.165, 1.54) is 0 Å². The van der Waals surface area contributed by atoms with Gasteiger partial charge < -0.3 is 23.5 Å². The Labute approximate surface area is 204 Å². The third-order valence-electron chi connectivity index (χ3n) is 6.31. The molecule has 1 aliphatic rings. The number of ether oxygens (including phenoxy) is 4. The van der Waals surface area contributed by atoms with Crippen LogP contribution in [0.4, 0.5) is 0 Å². The zero-order valence-electron chi connectivity index (χ0n) is 20.3. The molecular weight excluding hydrogens is 442 g/mol. The van der Waals surface area contributed by atoms with E-state index >= 15 is 0 Å². The monoisotopic (exact) mass is 469 g/mol. The van der Waals surface area contributed by atoms with Gasteiger partial charge in [-0.1, -0.05) is 12.1 Å². The van der Waals surface area contributed by atoms with Gasteiger partial charge in [-0.2, -0.15) is 0 Å². The molecule has 1 aromatic heterocycles. The molecule has 0 spiro atoms. The van der Waals surface area contributed by atoms with Crippen molar-refractivity contribution in [3.8, 4) is 23.0 Å². The second-order valence-electron chi connectivity index (χ2n) is 8.40. The highest BCUT2D eigenvalue weighted by Gasteiger charge is 2.30. The van der Waals surface area contributed by atoms with E-state index in [9.17, 15) is 4.79 Å². The van der Waals surface area contributed by atoms with Crippen LogP contribution in [0.25, 0.3) is 17.0 Å². The summed E-state index contributed by atoms with van der Waals surface area (Å²) >= 11 is 0. The number of aryl methyl sites for hydroxylation is 1. The minimum atomic E-state index is -0.136. The normalized spacial score (nSPS) is 13.7. The summed E-state index contributed by atoms with van der Waals surface area (Å²) in [7, 11) is 3.29. The lowest BCUT2D eigenvalue weighted by molar-refractivity contribution is 0.101. The number of Topliss-reactive ketones (excluding diaryl/α,β-unsaturated/α-hetero) is 1. The predicted octanol–water partition coefficient (Wildman–Crippen LogP) is 6.18. The first-order valence-electron chi connectivity index (χ1n) is 11.5. The van der Waals surface area contributed by atoms with Gasteiger partial charge in [-0.3, -0.25) is 4.79 Å². The molecule has 0 aliphatic carbocycles. The number of hydrogen-bond donors (Lipinski definition) is 0. The van der Waals surface area contributed by atoms with Gasteiger partial charge in [0.15, 0.2) is 5.76 Å². The molecule has 0 amide bonds. The fraction of sp³-hybridized carbons (Fsp3) is 0.207. The molecule has 6 nitrogen and oxygen atoms in total. The Morgan fingerprint density at radius 1 is 1.00 bits per heavy atom. The lowest BCUT2D eigenvalue weighted by atomic mass is 10.1. The Morgan fingerprint density at radius 2 is 1.80 bits per heavy atom. The third-order valence-corrected chi connectivity index (χ3v) is 6.31. The molecule has 0 fully saturated rings. The second kappa shape index (κ2) is 9.22. The second-order valence-corrected chi connectivity index (χ2v) is 8.40. The number of fused-ring (bicyclic) bond motifs is 2. The summed E-state index contributed by atoms with van der Waals surface area (Å²) in [4.78, 5) is 13.2. The minimum Gasteiger partial charge on any atom is -0.497 e. The number of nitrogens with zero attached hydrogens (tertiary/aromatic N) is 1. The van der Waals surface area contributed by atoms with E-state index in [1.54, 1.807) is 20.3 Å². The number of rotatable bonds is 7. The van der Waals surface area contributed by atoms with E-state index in [4.69, 9.17) is 18.9 Å². The fourth-order valence-corrected chi connectivity index (χ4v) is 4.40. The molecule has 0 unspecified atom stereocenters. The van der Waals surface area contributed by atoms with Crippen molar-refractivity contribution in [1.82, 2.24) is 4.57 Å². The fourth-order valence-electron chi connectivity index (χ4n) is 4.40. The molecule has 0 saturated carbocycles. The van der Waals surface area contributed by atoms with Crippen molar-refractivity contribution in [3.05, 3.63) is 88.8 Å². The maximum absolute atomic E-state index is 13.2. The Hall–Kier alpha value is -4.19. The van der Waals surface area contributed by atoms with E-state index in [1.807, 2.05) is 67.7 Å². The highest BCUT2D eigenvalue weighted by Crippen LogP contribution is 2.40. The summed E-state index contributed by atoms with van der Waals surface area (Å²) in [6.07, 6.45) is 3.85. The average Bonchev–Trinajstić information content (AvgIpc) is 3.41. The van der Waals surface area contributed by atoms with Crippen LogP contribution < -0.4 is 18.9 Å². The average molecular weight is 470 g/mol. The predicted molar refractivity (Wildman–Crippen MR) is 136 cm³/mol. The van der Waals surface area contributed by atoms with Crippen LogP contribution in [0.2, 0.25) is 0 Å². The van der Waals surface area contributed by atoms with Crippen molar-refractivity contribution in [2.45, 2.75) is 27.0 Å². The summed E-state index contributed by atoms with van der Waals surface area (Å²) in [6.45, 7) is 5.19. The van der Waals surface area contributed by atoms with E-state index in [0.717, 1.165) is 45.6 Å². The maximum Gasteiger partial charge on any atom is 0.231 e. The van der Waals surface area contributed by atoms with Gasteiger partial charge in [0.1, 0.15) is 29.6 Å². The molecule has 6 heteroatoms. The van der Waals surface area contributed by atoms with Gasteiger partial charge in [0.25, 0.3) is 0 Å². The van der Waals surface area contributed by atoms with E-state index in [0.29, 0.717) is 29.4 Å². The largest absolute Gasteiger partial charge is 0.497 e. The summed E-state index contributed by atoms with van der Waals surface area (Å²) in [5, 5.41) is 1.00. The Kier molecular flexibility index (Phi) is 5.95. The molecule has 0 atom stereocenters. The highest BCUT2D eigenvalue weighted by atomic mass is 16.5. The first kappa shape index (κ1) is 22.6. The number of ketones is 1. The smallest absolute Gasteiger partial charge is 0.231 e. The molecule has 0 radical (unpaired) electrons. The third kappa shape index (κ3) is 4.12. The molecule has 178 valence electrons. The number of benzene rings is 3. The van der Waals surface area contributed by atoms with Gasteiger partial charge in [-0.25, -0.2) is 0 Å². The number of carbonyl (C=O) groups is 1. The van der Waals surface area contributed by atoms with Crippen LogP contribution in [0.3, 0.4) is 0 Å². The van der Waals surface area contributed by atoms with Crippen LogP contribution >= 0.6 is 0 Å². The van der Waals surface area contributed by atoms with Crippen LogP contribution in [0, 0.1) is 6.92 Å². The molecule has 5 rings (SSSR count).